The van der Waals surface area contributed by atoms with Crippen LogP contribution < -0.4 is 4.74 Å². The molecule has 2 aromatic rings. The number of ether oxygens (including phenoxy) is 1. The van der Waals surface area contributed by atoms with Crippen molar-refractivity contribution in [2.45, 2.75) is 26.4 Å². The molecule has 0 saturated heterocycles. The van der Waals surface area contributed by atoms with Crippen molar-refractivity contribution in [1.82, 2.24) is 4.90 Å². The second kappa shape index (κ2) is 10.0. The Morgan fingerprint density at radius 2 is 1.61 bits per heavy atom. The summed E-state index contributed by atoms with van der Waals surface area (Å²) in [6.45, 7) is 5.78. The van der Waals surface area contributed by atoms with Crippen LogP contribution in [-0.4, -0.2) is 36.2 Å². The van der Waals surface area contributed by atoms with E-state index in [1.54, 1.807) is 0 Å². The molecule has 124 valence electrons. The van der Waals surface area contributed by atoms with Crippen LogP contribution in [0.2, 0.25) is 0 Å². The molecule has 3 heteroatoms. The number of para-hydroxylation sites is 1. The van der Waals surface area contributed by atoms with E-state index in [1.807, 2.05) is 30.3 Å². The summed E-state index contributed by atoms with van der Waals surface area (Å²) in [6.07, 6.45) is 2.19. The van der Waals surface area contributed by atoms with E-state index in [9.17, 15) is 0 Å². The van der Waals surface area contributed by atoms with E-state index in [2.05, 4.69) is 36.1 Å². The van der Waals surface area contributed by atoms with Crippen molar-refractivity contribution in [2.75, 3.05) is 26.2 Å². The fourth-order valence-electron chi connectivity index (χ4n) is 2.56. The number of hydrogen-bond acceptors (Lipinski definition) is 3. The lowest BCUT2D eigenvalue weighted by molar-refractivity contribution is 0.200. The van der Waals surface area contributed by atoms with Crippen LogP contribution in [0.1, 0.15) is 24.5 Å². The van der Waals surface area contributed by atoms with Crippen LogP contribution >= 0.6 is 0 Å². The third kappa shape index (κ3) is 6.43. The van der Waals surface area contributed by atoms with Gasteiger partial charge in [-0.25, -0.2) is 0 Å². The molecule has 2 rings (SSSR count). The molecule has 1 N–H and O–H groups in total. The van der Waals surface area contributed by atoms with Gasteiger partial charge in [0.05, 0.1) is 6.61 Å². The Balaban J connectivity index is 1.73. The molecule has 23 heavy (non-hydrogen) atoms. The summed E-state index contributed by atoms with van der Waals surface area (Å²) in [5, 5.41) is 8.99. The largest absolute Gasteiger partial charge is 0.489 e. The fourth-order valence-corrected chi connectivity index (χ4v) is 2.56. The van der Waals surface area contributed by atoms with Gasteiger partial charge in [-0.05, 0) is 49.2 Å². The Hall–Kier alpha value is -1.84. The van der Waals surface area contributed by atoms with Crippen molar-refractivity contribution >= 4 is 0 Å². The minimum Gasteiger partial charge on any atom is -0.489 e. The lowest BCUT2D eigenvalue weighted by Gasteiger charge is -2.18. The third-order valence-corrected chi connectivity index (χ3v) is 3.97. The molecular weight excluding hydrogens is 286 g/mol. The molecule has 0 spiro atoms. The van der Waals surface area contributed by atoms with E-state index in [0.29, 0.717) is 6.61 Å². The standard InChI is InChI=1S/C20H27NO2/c1-2-21(15-16-22)14-6-7-18-10-12-19(13-11-18)17-23-20-8-4-3-5-9-20/h3-5,8-13,22H,2,6-7,14-17H2,1H3. The van der Waals surface area contributed by atoms with E-state index in [4.69, 9.17) is 9.84 Å². The molecule has 0 heterocycles. The molecule has 0 radical (unpaired) electrons. The van der Waals surface area contributed by atoms with Crippen molar-refractivity contribution in [3.63, 3.8) is 0 Å². The second-order valence-electron chi connectivity index (χ2n) is 5.68. The van der Waals surface area contributed by atoms with Gasteiger partial charge in [-0.2, -0.15) is 0 Å². The highest BCUT2D eigenvalue weighted by atomic mass is 16.5. The SMILES string of the molecule is CCN(CCO)CCCc1ccc(COc2ccccc2)cc1. The van der Waals surface area contributed by atoms with Gasteiger partial charge in [-0.3, -0.25) is 0 Å². The van der Waals surface area contributed by atoms with Gasteiger partial charge >= 0.3 is 0 Å². The quantitative estimate of drug-likeness (QED) is 0.728. The first-order valence-electron chi connectivity index (χ1n) is 8.40. The van der Waals surface area contributed by atoms with Crippen molar-refractivity contribution in [3.8, 4) is 5.75 Å². The van der Waals surface area contributed by atoms with Crippen LogP contribution in [0.3, 0.4) is 0 Å². The summed E-state index contributed by atoms with van der Waals surface area (Å²) in [5.74, 6) is 0.903. The molecule has 0 atom stereocenters. The average Bonchev–Trinajstić information content (AvgIpc) is 2.61. The number of rotatable bonds is 10. The van der Waals surface area contributed by atoms with E-state index in [1.165, 1.54) is 11.1 Å². The molecule has 0 aliphatic heterocycles. The van der Waals surface area contributed by atoms with Gasteiger partial charge in [0.2, 0.25) is 0 Å². The first kappa shape index (κ1) is 17.5. The first-order valence-corrected chi connectivity index (χ1v) is 8.40. The molecule has 2 aromatic carbocycles. The minimum atomic E-state index is 0.240. The van der Waals surface area contributed by atoms with E-state index in [-0.39, 0.29) is 6.61 Å². The Morgan fingerprint density at radius 3 is 2.26 bits per heavy atom. The molecule has 0 aromatic heterocycles. The molecule has 0 aliphatic carbocycles. The summed E-state index contributed by atoms with van der Waals surface area (Å²) >= 11 is 0. The summed E-state index contributed by atoms with van der Waals surface area (Å²) in [4.78, 5) is 2.28. The molecule has 0 fully saturated rings. The van der Waals surface area contributed by atoms with Crippen molar-refractivity contribution in [2.24, 2.45) is 0 Å². The Bertz CT molecular complexity index is 539. The first-order chi connectivity index (χ1) is 11.3. The molecule has 0 aliphatic rings. The van der Waals surface area contributed by atoms with Crippen LogP contribution in [-0.2, 0) is 13.0 Å². The summed E-state index contributed by atoms with van der Waals surface area (Å²) in [6, 6.07) is 18.6. The van der Waals surface area contributed by atoms with Gasteiger partial charge in [0.15, 0.2) is 0 Å². The Labute approximate surface area is 139 Å². The molecule has 3 nitrogen and oxygen atoms in total. The van der Waals surface area contributed by atoms with E-state index in [0.717, 1.165) is 38.2 Å². The maximum absolute atomic E-state index is 8.99. The maximum atomic E-state index is 8.99. The van der Waals surface area contributed by atoms with Crippen molar-refractivity contribution in [1.29, 1.82) is 0 Å². The number of aliphatic hydroxyl groups excluding tert-OH is 1. The number of hydrogen-bond donors (Lipinski definition) is 1. The van der Waals surface area contributed by atoms with Crippen LogP contribution in [0.5, 0.6) is 5.75 Å². The normalized spacial score (nSPS) is 10.9. The zero-order valence-electron chi connectivity index (χ0n) is 13.9. The number of likely N-dealkylation sites (N-methyl/N-ethyl adjacent to an activating group) is 1. The fraction of sp³-hybridized carbons (Fsp3) is 0.400. The van der Waals surface area contributed by atoms with Gasteiger partial charge in [0, 0.05) is 6.54 Å². The topological polar surface area (TPSA) is 32.7 Å². The van der Waals surface area contributed by atoms with Gasteiger partial charge < -0.3 is 14.7 Å². The second-order valence-corrected chi connectivity index (χ2v) is 5.68. The lowest BCUT2D eigenvalue weighted by atomic mass is 10.1. The predicted molar refractivity (Wildman–Crippen MR) is 94.7 cm³/mol. The van der Waals surface area contributed by atoms with Gasteiger partial charge in [-0.1, -0.05) is 49.4 Å². The molecular formula is C20H27NO2. The maximum Gasteiger partial charge on any atom is 0.119 e. The lowest BCUT2D eigenvalue weighted by Crippen LogP contribution is -2.27. The highest BCUT2D eigenvalue weighted by molar-refractivity contribution is 5.24. The van der Waals surface area contributed by atoms with E-state index < -0.39 is 0 Å². The molecule has 0 amide bonds. The summed E-state index contributed by atoms with van der Waals surface area (Å²) < 4.78 is 5.76. The molecule has 0 unspecified atom stereocenters. The number of aryl methyl sites for hydroxylation is 1. The van der Waals surface area contributed by atoms with Crippen LogP contribution in [0.25, 0.3) is 0 Å². The van der Waals surface area contributed by atoms with Crippen LogP contribution in [0.15, 0.2) is 54.6 Å². The average molecular weight is 313 g/mol. The summed E-state index contributed by atoms with van der Waals surface area (Å²) in [7, 11) is 0. The summed E-state index contributed by atoms with van der Waals surface area (Å²) in [5.41, 5.74) is 2.54. The molecule has 0 bridgehead atoms. The van der Waals surface area contributed by atoms with E-state index >= 15 is 0 Å². The smallest absolute Gasteiger partial charge is 0.119 e. The highest BCUT2D eigenvalue weighted by Gasteiger charge is 2.02. The monoisotopic (exact) mass is 313 g/mol. The predicted octanol–water partition coefficient (Wildman–Crippen LogP) is 3.51. The van der Waals surface area contributed by atoms with Crippen LogP contribution in [0.4, 0.5) is 0 Å². The van der Waals surface area contributed by atoms with Gasteiger partial charge in [-0.15, -0.1) is 0 Å². The number of aliphatic hydroxyl groups is 1. The third-order valence-electron chi connectivity index (χ3n) is 3.97. The number of benzene rings is 2. The zero-order valence-corrected chi connectivity index (χ0v) is 13.9. The van der Waals surface area contributed by atoms with Gasteiger partial charge in [0.25, 0.3) is 0 Å². The van der Waals surface area contributed by atoms with Crippen LogP contribution in [0, 0.1) is 0 Å². The van der Waals surface area contributed by atoms with Gasteiger partial charge in [0.1, 0.15) is 12.4 Å². The minimum absolute atomic E-state index is 0.240. The Kier molecular flexibility index (Phi) is 7.64. The molecule has 0 saturated carbocycles. The van der Waals surface area contributed by atoms with Crippen molar-refractivity contribution in [3.05, 3.63) is 65.7 Å². The zero-order chi connectivity index (χ0) is 16.3. The Morgan fingerprint density at radius 1 is 0.913 bits per heavy atom. The van der Waals surface area contributed by atoms with Crippen molar-refractivity contribution < 1.29 is 9.84 Å². The number of nitrogens with zero attached hydrogens (tertiary/aromatic N) is 1. The highest BCUT2D eigenvalue weighted by Crippen LogP contribution is 2.13.